The van der Waals surface area contributed by atoms with E-state index in [0.717, 1.165) is 26.6 Å². The van der Waals surface area contributed by atoms with Gasteiger partial charge >= 0.3 is 0 Å². The highest BCUT2D eigenvalue weighted by Gasteiger charge is 2.31. The Labute approximate surface area is 169 Å². The lowest BCUT2D eigenvalue weighted by molar-refractivity contribution is -0.131. The number of imidazole rings is 1. The van der Waals surface area contributed by atoms with Crippen molar-refractivity contribution in [2.75, 3.05) is 13.2 Å². The van der Waals surface area contributed by atoms with Crippen LogP contribution in [0.15, 0.2) is 40.9 Å². The monoisotopic (exact) mass is 452 g/mol. The van der Waals surface area contributed by atoms with Gasteiger partial charge in [-0.1, -0.05) is 39.7 Å². The van der Waals surface area contributed by atoms with E-state index in [1.165, 1.54) is 0 Å². The third-order valence-electron chi connectivity index (χ3n) is 4.59. The molecule has 142 valence electrons. The molecule has 2 heterocycles. The average Bonchev–Trinajstić information content (AvgIpc) is 3.03. The minimum Gasteiger partial charge on any atom is -0.459 e. The van der Waals surface area contributed by atoms with Gasteiger partial charge in [0, 0.05) is 16.5 Å². The molecule has 4 rings (SSSR count). The predicted octanol–water partition coefficient (Wildman–Crippen LogP) is 3.54. The van der Waals surface area contributed by atoms with Crippen molar-refractivity contribution in [3.63, 3.8) is 0 Å². The Balaban J connectivity index is 1.57. The van der Waals surface area contributed by atoms with Crippen LogP contribution in [-0.4, -0.2) is 51.7 Å². The van der Waals surface area contributed by atoms with Crippen LogP contribution in [0.3, 0.4) is 0 Å². The van der Waals surface area contributed by atoms with Crippen molar-refractivity contribution >= 4 is 38.6 Å². The van der Waals surface area contributed by atoms with Crippen molar-refractivity contribution in [1.29, 1.82) is 0 Å². The second kappa shape index (κ2) is 7.77. The fraction of sp³-hybridized carbons (Fsp3) is 0.316. The standard InChI is InChI=1S/C19H18BrClN2O4/c20-11-3-1-10(2-4-11)13-6-15-16(7-14(13)21)23-19(22-15)27-12-5-17(25)18(8-24)26-9-12/h1-4,6-7,12,17-18,24-25H,5,8-9H2,(H,22,23). The van der Waals surface area contributed by atoms with E-state index in [1.54, 1.807) is 0 Å². The lowest BCUT2D eigenvalue weighted by atomic mass is 10.0. The molecule has 0 aliphatic carbocycles. The van der Waals surface area contributed by atoms with Gasteiger partial charge in [0.25, 0.3) is 6.01 Å². The summed E-state index contributed by atoms with van der Waals surface area (Å²) in [7, 11) is 0. The summed E-state index contributed by atoms with van der Waals surface area (Å²) in [5, 5.41) is 19.7. The third kappa shape index (κ3) is 3.97. The number of rotatable bonds is 4. The third-order valence-corrected chi connectivity index (χ3v) is 5.43. The van der Waals surface area contributed by atoms with E-state index in [0.29, 0.717) is 17.5 Å². The zero-order chi connectivity index (χ0) is 19.0. The van der Waals surface area contributed by atoms with Crippen molar-refractivity contribution < 1.29 is 19.7 Å². The summed E-state index contributed by atoms with van der Waals surface area (Å²) in [5.74, 6) is 0. The molecule has 0 radical (unpaired) electrons. The van der Waals surface area contributed by atoms with E-state index in [4.69, 9.17) is 26.2 Å². The summed E-state index contributed by atoms with van der Waals surface area (Å²) in [6.45, 7) is 0.0695. The minimum absolute atomic E-state index is 0.212. The number of aliphatic hydroxyl groups excluding tert-OH is 2. The first kappa shape index (κ1) is 18.7. The van der Waals surface area contributed by atoms with Crippen molar-refractivity contribution in [3.05, 3.63) is 45.9 Å². The minimum atomic E-state index is -0.767. The summed E-state index contributed by atoms with van der Waals surface area (Å²) in [6, 6.07) is 12.0. The first-order valence-corrected chi connectivity index (χ1v) is 9.73. The number of H-pyrrole nitrogens is 1. The van der Waals surface area contributed by atoms with Gasteiger partial charge in [-0.2, -0.15) is 4.98 Å². The summed E-state index contributed by atoms with van der Waals surface area (Å²) in [5.41, 5.74) is 3.38. The quantitative estimate of drug-likeness (QED) is 0.562. The lowest BCUT2D eigenvalue weighted by Crippen LogP contribution is -2.45. The first-order valence-electron chi connectivity index (χ1n) is 8.56. The Morgan fingerprint density at radius 2 is 2.07 bits per heavy atom. The normalized spacial score (nSPS) is 22.9. The molecule has 0 saturated carbocycles. The highest BCUT2D eigenvalue weighted by Crippen LogP contribution is 2.33. The molecule has 2 aromatic carbocycles. The van der Waals surface area contributed by atoms with Crippen LogP contribution in [0.1, 0.15) is 6.42 Å². The topological polar surface area (TPSA) is 87.6 Å². The maximum Gasteiger partial charge on any atom is 0.294 e. The summed E-state index contributed by atoms with van der Waals surface area (Å²) in [4.78, 5) is 7.58. The van der Waals surface area contributed by atoms with Gasteiger partial charge in [0.1, 0.15) is 12.2 Å². The maximum atomic E-state index is 9.96. The maximum absolute atomic E-state index is 9.96. The average molecular weight is 454 g/mol. The first-order chi connectivity index (χ1) is 13.0. The smallest absolute Gasteiger partial charge is 0.294 e. The second-order valence-corrected chi connectivity index (χ2v) is 7.82. The van der Waals surface area contributed by atoms with Gasteiger partial charge in [0.15, 0.2) is 0 Å². The lowest BCUT2D eigenvalue weighted by Gasteiger charge is -2.31. The Kier molecular flexibility index (Phi) is 5.39. The molecule has 0 spiro atoms. The molecule has 1 aliphatic rings. The SMILES string of the molecule is OCC1OCC(Oc2nc3cc(-c4ccc(Br)cc4)c(Cl)cc3[nH]2)CC1O. The fourth-order valence-electron chi connectivity index (χ4n) is 3.16. The number of hydrogen-bond acceptors (Lipinski definition) is 5. The van der Waals surface area contributed by atoms with Crippen LogP contribution in [0.4, 0.5) is 0 Å². The molecule has 3 N–H and O–H groups in total. The number of hydrogen-bond donors (Lipinski definition) is 3. The Bertz CT molecular complexity index is 947. The van der Waals surface area contributed by atoms with Gasteiger partial charge < -0.3 is 24.7 Å². The van der Waals surface area contributed by atoms with Gasteiger partial charge in [-0.25, -0.2) is 0 Å². The number of benzene rings is 2. The molecule has 8 heteroatoms. The van der Waals surface area contributed by atoms with Gasteiger partial charge in [0.05, 0.1) is 35.4 Å². The van der Waals surface area contributed by atoms with Crippen LogP contribution in [0.5, 0.6) is 6.01 Å². The number of aliphatic hydroxyl groups is 2. The molecule has 1 fully saturated rings. The van der Waals surface area contributed by atoms with Crippen LogP contribution >= 0.6 is 27.5 Å². The van der Waals surface area contributed by atoms with Crippen LogP contribution in [0, 0.1) is 0 Å². The van der Waals surface area contributed by atoms with Crippen LogP contribution in [0.2, 0.25) is 5.02 Å². The number of nitrogens with one attached hydrogen (secondary N) is 1. The summed E-state index contributed by atoms with van der Waals surface area (Å²) in [6.07, 6.45) is -1.30. The molecular weight excluding hydrogens is 436 g/mol. The number of ether oxygens (including phenoxy) is 2. The Hall–Kier alpha value is -1.64. The van der Waals surface area contributed by atoms with Crippen LogP contribution < -0.4 is 4.74 Å². The molecule has 3 aromatic rings. The van der Waals surface area contributed by atoms with E-state index in [1.807, 2.05) is 36.4 Å². The van der Waals surface area contributed by atoms with E-state index < -0.39 is 12.2 Å². The summed E-state index contributed by atoms with van der Waals surface area (Å²) >= 11 is 9.88. The van der Waals surface area contributed by atoms with Gasteiger partial charge in [-0.15, -0.1) is 0 Å². The Morgan fingerprint density at radius 1 is 1.30 bits per heavy atom. The van der Waals surface area contributed by atoms with Crippen molar-refractivity contribution in [3.8, 4) is 17.1 Å². The molecular formula is C19H18BrClN2O4. The molecule has 6 nitrogen and oxygen atoms in total. The van der Waals surface area contributed by atoms with Gasteiger partial charge in [0.2, 0.25) is 0 Å². The number of aromatic amines is 1. The van der Waals surface area contributed by atoms with Gasteiger partial charge in [-0.3, -0.25) is 0 Å². The molecule has 1 aliphatic heterocycles. The summed E-state index contributed by atoms with van der Waals surface area (Å²) < 4.78 is 12.2. The number of halogens is 2. The highest BCUT2D eigenvalue weighted by atomic mass is 79.9. The number of aromatic nitrogens is 2. The molecule has 27 heavy (non-hydrogen) atoms. The van der Waals surface area contributed by atoms with E-state index in [9.17, 15) is 5.11 Å². The molecule has 0 bridgehead atoms. The largest absolute Gasteiger partial charge is 0.459 e. The molecule has 1 saturated heterocycles. The Morgan fingerprint density at radius 3 is 2.78 bits per heavy atom. The predicted molar refractivity (Wildman–Crippen MR) is 106 cm³/mol. The highest BCUT2D eigenvalue weighted by molar-refractivity contribution is 9.10. The van der Waals surface area contributed by atoms with Crippen LogP contribution in [-0.2, 0) is 4.74 Å². The van der Waals surface area contributed by atoms with E-state index in [-0.39, 0.29) is 19.3 Å². The van der Waals surface area contributed by atoms with E-state index in [2.05, 4.69) is 25.9 Å². The van der Waals surface area contributed by atoms with Crippen molar-refractivity contribution in [2.45, 2.75) is 24.7 Å². The molecule has 1 aromatic heterocycles. The zero-order valence-electron chi connectivity index (χ0n) is 14.2. The second-order valence-electron chi connectivity index (χ2n) is 6.50. The van der Waals surface area contributed by atoms with Crippen molar-refractivity contribution in [2.24, 2.45) is 0 Å². The van der Waals surface area contributed by atoms with Crippen molar-refractivity contribution in [1.82, 2.24) is 9.97 Å². The van der Waals surface area contributed by atoms with E-state index >= 15 is 0 Å². The fourth-order valence-corrected chi connectivity index (χ4v) is 3.70. The molecule has 0 amide bonds. The number of fused-ring (bicyclic) bond motifs is 1. The molecule has 3 atom stereocenters. The number of nitrogens with zero attached hydrogens (tertiary/aromatic N) is 1. The molecule has 3 unspecified atom stereocenters. The van der Waals surface area contributed by atoms with Gasteiger partial charge in [-0.05, 0) is 29.8 Å². The van der Waals surface area contributed by atoms with Crippen LogP contribution in [0.25, 0.3) is 22.2 Å². The zero-order valence-corrected chi connectivity index (χ0v) is 16.6.